The monoisotopic (exact) mass is 164 g/mol. The molecule has 0 amide bonds. The van der Waals surface area contributed by atoms with Crippen LogP contribution in [-0.4, -0.2) is 0 Å². The van der Waals surface area contributed by atoms with Gasteiger partial charge in [-0.1, -0.05) is 20.3 Å². The maximum Gasteiger partial charge on any atom is -0.0156 e. The lowest BCUT2D eigenvalue weighted by molar-refractivity contribution is 0.484. The smallest absolute Gasteiger partial charge is 0.0156 e. The third-order valence-corrected chi connectivity index (χ3v) is 2.83. The quantitative estimate of drug-likeness (QED) is 0.512. The Kier molecular flexibility index (Phi) is 3.62. The van der Waals surface area contributed by atoms with E-state index in [1.165, 1.54) is 31.3 Å². The molecule has 1 aliphatic carbocycles. The van der Waals surface area contributed by atoms with Gasteiger partial charge in [0.25, 0.3) is 0 Å². The zero-order valence-electron chi connectivity index (χ0n) is 8.61. The fraction of sp³-hybridized carbons (Fsp3) is 0.750. The van der Waals surface area contributed by atoms with E-state index in [4.69, 9.17) is 0 Å². The highest BCUT2D eigenvalue weighted by atomic mass is 14.2. The minimum atomic E-state index is 0.792. The summed E-state index contributed by atoms with van der Waals surface area (Å²) in [5.41, 5.74) is 6.54. The van der Waals surface area contributed by atoms with Gasteiger partial charge >= 0.3 is 0 Å². The lowest BCUT2D eigenvalue weighted by atomic mass is 9.86. The van der Waals surface area contributed by atoms with Gasteiger partial charge in [-0.2, -0.15) is 0 Å². The highest BCUT2D eigenvalue weighted by Crippen LogP contribution is 2.28. The summed E-state index contributed by atoms with van der Waals surface area (Å²) in [5, 5.41) is 0. The standard InChI is InChI=1S/C12H20/c1-4-10(2)9-12-8-6-5-7-11(12)3/h11H,4-8H2,1-3H3. The average molecular weight is 164 g/mol. The third kappa shape index (κ3) is 2.53. The van der Waals surface area contributed by atoms with Crippen LogP contribution in [0.3, 0.4) is 0 Å². The molecule has 1 rings (SSSR count). The third-order valence-electron chi connectivity index (χ3n) is 2.83. The first-order valence-electron chi connectivity index (χ1n) is 5.19. The molecule has 1 fully saturated rings. The van der Waals surface area contributed by atoms with Crippen molar-refractivity contribution in [3.63, 3.8) is 0 Å². The van der Waals surface area contributed by atoms with Gasteiger partial charge in [-0.25, -0.2) is 0 Å². The second-order valence-electron chi connectivity index (χ2n) is 3.93. The Hall–Kier alpha value is -0.480. The van der Waals surface area contributed by atoms with Gasteiger partial charge < -0.3 is 0 Å². The highest BCUT2D eigenvalue weighted by Gasteiger charge is 2.13. The van der Waals surface area contributed by atoms with Gasteiger partial charge in [0.05, 0.1) is 0 Å². The van der Waals surface area contributed by atoms with Crippen LogP contribution in [0.4, 0.5) is 0 Å². The molecule has 1 atom stereocenters. The van der Waals surface area contributed by atoms with Gasteiger partial charge in [0.15, 0.2) is 0 Å². The molecule has 0 saturated heterocycles. The molecule has 1 saturated carbocycles. The van der Waals surface area contributed by atoms with Gasteiger partial charge in [0.2, 0.25) is 0 Å². The zero-order chi connectivity index (χ0) is 8.97. The first kappa shape index (κ1) is 9.61. The summed E-state index contributed by atoms with van der Waals surface area (Å²) in [6.07, 6.45) is 6.61. The molecule has 0 aromatic heterocycles. The Morgan fingerprint density at radius 1 is 1.50 bits per heavy atom. The Bertz CT molecular complexity index is 204. The topological polar surface area (TPSA) is 0 Å². The van der Waals surface area contributed by atoms with Crippen LogP contribution in [0.1, 0.15) is 52.9 Å². The van der Waals surface area contributed by atoms with Crippen molar-refractivity contribution in [2.24, 2.45) is 5.92 Å². The van der Waals surface area contributed by atoms with Gasteiger partial charge in [-0.3, -0.25) is 0 Å². The van der Waals surface area contributed by atoms with Gasteiger partial charge in [-0.05, 0) is 49.7 Å². The first-order chi connectivity index (χ1) is 5.74. The molecule has 1 unspecified atom stereocenters. The summed E-state index contributed by atoms with van der Waals surface area (Å²) in [6, 6.07) is 0. The molecule has 0 aliphatic heterocycles. The normalized spacial score (nSPS) is 23.6. The summed E-state index contributed by atoms with van der Waals surface area (Å²) < 4.78 is 0. The van der Waals surface area contributed by atoms with Crippen molar-refractivity contribution in [3.05, 3.63) is 16.9 Å². The minimum Gasteiger partial charge on any atom is -0.123 e. The van der Waals surface area contributed by atoms with Crippen LogP contribution in [0.25, 0.3) is 0 Å². The van der Waals surface area contributed by atoms with Gasteiger partial charge in [0.1, 0.15) is 0 Å². The first-order valence-corrected chi connectivity index (χ1v) is 5.19. The van der Waals surface area contributed by atoms with E-state index in [2.05, 4.69) is 26.5 Å². The van der Waals surface area contributed by atoms with Crippen LogP contribution in [0.5, 0.6) is 0 Å². The lowest BCUT2D eigenvalue weighted by Crippen LogP contribution is -2.04. The van der Waals surface area contributed by atoms with E-state index in [1.54, 1.807) is 5.57 Å². The molecule has 0 heteroatoms. The van der Waals surface area contributed by atoms with Crippen LogP contribution in [0, 0.1) is 5.92 Å². The van der Waals surface area contributed by atoms with E-state index in [1.807, 2.05) is 0 Å². The van der Waals surface area contributed by atoms with Crippen molar-refractivity contribution in [1.82, 2.24) is 0 Å². The predicted molar refractivity (Wildman–Crippen MR) is 54.1 cm³/mol. The van der Waals surface area contributed by atoms with E-state index < -0.39 is 0 Å². The van der Waals surface area contributed by atoms with Crippen LogP contribution >= 0.6 is 0 Å². The maximum absolute atomic E-state index is 3.55. The van der Waals surface area contributed by atoms with Crippen molar-refractivity contribution in [2.45, 2.75) is 52.9 Å². The summed E-state index contributed by atoms with van der Waals surface area (Å²) >= 11 is 0. The number of hydrogen-bond acceptors (Lipinski definition) is 0. The van der Waals surface area contributed by atoms with Gasteiger partial charge in [0, 0.05) is 0 Å². The van der Waals surface area contributed by atoms with E-state index in [-0.39, 0.29) is 0 Å². The molecule has 0 bridgehead atoms. The van der Waals surface area contributed by atoms with Crippen molar-refractivity contribution < 1.29 is 0 Å². The molecule has 0 heterocycles. The maximum atomic E-state index is 3.55. The lowest BCUT2D eigenvalue weighted by Gasteiger charge is -2.19. The summed E-state index contributed by atoms with van der Waals surface area (Å²) in [7, 11) is 0. The number of rotatable bonds is 1. The Morgan fingerprint density at radius 2 is 2.25 bits per heavy atom. The molecular formula is C12H20. The molecular weight excluding hydrogens is 144 g/mol. The summed E-state index contributed by atoms with van der Waals surface area (Å²) in [5.74, 6) is 0.792. The molecule has 0 nitrogen and oxygen atoms in total. The van der Waals surface area contributed by atoms with Crippen LogP contribution in [0.15, 0.2) is 16.9 Å². The zero-order valence-corrected chi connectivity index (χ0v) is 8.61. The van der Waals surface area contributed by atoms with Crippen molar-refractivity contribution in [3.8, 4) is 0 Å². The average Bonchev–Trinajstić information content (AvgIpc) is 2.09. The van der Waals surface area contributed by atoms with E-state index >= 15 is 0 Å². The van der Waals surface area contributed by atoms with Crippen LogP contribution in [-0.2, 0) is 0 Å². The fourth-order valence-electron chi connectivity index (χ4n) is 1.73. The SMILES string of the molecule is CCC(C)=C=C1CCCCC1C. The Balaban J connectivity index is 2.77. The molecule has 68 valence electrons. The molecule has 0 radical (unpaired) electrons. The van der Waals surface area contributed by atoms with Crippen LogP contribution < -0.4 is 0 Å². The predicted octanol–water partition coefficient (Wildman–Crippen LogP) is 4.08. The van der Waals surface area contributed by atoms with Gasteiger partial charge in [-0.15, -0.1) is 5.73 Å². The van der Waals surface area contributed by atoms with Crippen LogP contribution in [0.2, 0.25) is 0 Å². The second kappa shape index (κ2) is 4.52. The molecule has 1 aliphatic rings. The highest BCUT2D eigenvalue weighted by molar-refractivity contribution is 5.11. The van der Waals surface area contributed by atoms with E-state index in [0.29, 0.717) is 0 Å². The molecule has 0 aromatic rings. The minimum absolute atomic E-state index is 0.792. The van der Waals surface area contributed by atoms with Crippen molar-refractivity contribution >= 4 is 0 Å². The second-order valence-corrected chi connectivity index (χ2v) is 3.93. The van der Waals surface area contributed by atoms with E-state index in [0.717, 1.165) is 12.3 Å². The largest absolute Gasteiger partial charge is 0.123 e. The fourth-order valence-corrected chi connectivity index (χ4v) is 1.73. The number of allylic oxidation sites excluding steroid dienone is 1. The summed E-state index contributed by atoms with van der Waals surface area (Å²) in [4.78, 5) is 0. The Labute approximate surface area is 76.4 Å². The number of hydrogen-bond donors (Lipinski definition) is 0. The van der Waals surface area contributed by atoms with Crippen molar-refractivity contribution in [2.75, 3.05) is 0 Å². The van der Waals surface area contributed by atoms with E-state index in [9.17, 15) is 0 Å². The molecule has 0 aromatic carbocycles. The summed E-state index contributed by atoms with van der Waals surface area (Å²) in [6.45, 7) is 6.73. The molecule has 0 spiro atoms. The van der Waals surface area contributed by atoms with Crippen molar-refractivity contribution in [1.29, 1.82) is 0 Å². The molecule has 0 N–H and O–H groups in total. The molecule has 12 heavy (non-hydrogen) atoms. The Morgan fingerprint density at radius 3 is 2.83 bits per heavy atom.